The second-order valence-corrected chi connectivity index (χ2v) is 5.70. The third-order valence-electron chi connectivity index (χ3n) is 2.32. The Kier molecular flexibility index (Phi) is 4.75. The second-order valence-electron chi connectivity index (χ2n) is 3.77. The number of oxime groups is 1. The molecule has 1 aliphatic heterocycles. The van der Waals surface area contributed by atoms with Gasteiger partial charge in [-0.1, -0.05) is 11.2 Å². The molecule has 16 heavy (non-hydrogen) atoms. The van der Waals surface area contributed by atoms with Gasteiger partial charge in [0.25, 0.3) is 0 Å². The van der Waals surface area contributed by atoms with E-state index in [4.69, 9.17) is 10.9 Å². The zero-order chi connectivity index (χ0) is 12.0. The number of amidine groups is 1. The van der Waals surface area contributed by atoms with E-state index in [-0.39, 0.29) is 17.6 Å². The van der Waals surface area contributed by atoms with Crippen LogP contribution in [0.5, 0.6) is 0 Å². The highest BCUT2D eigenvalue weighted by Gasteiger charge is 2.20. The fourth-order valence-corrected chi connectivity index (χ4v) is 2.74. The molecule has 0 bridgehead atoms. The quantitative estimate of drug-likeness (QED) is 0.198. The molecular formula is C9H17N3O3S. The molecule has 0 saturated heterocycles. The predicted octanol–water partition coefficient (Wildman–Crippen LogP) is -0.197. The molecular weight excluding hydrogens is 230 g/mol. The van der Waals surface area contributed by atoms with Crippen molar-refractivity contribution in [1.82, 2.24) is 5.32 Å². The Balaban J connectivity index is 2.07. The number of nitrogens with two attached hydrogens (primary N) is 1. The van der Waals surface area contributed by atoms with Crippen molar-refractivity contribution >= 4 is 15.7 Å². The topological polar surface area (TPSA) is 105 Å². The Labute approximate surface area is 95.1 Å². The second kappa shape index (κ2) is 5.86. The average molecular weight is 247 g/mol. The van der Waals surface area contributed by atoms with Crippen LogP contribution < -0.4 is 11.1 Å². The van der Waals surface area contributed by atoms with Gasteiger partial charge in [0, 0.05) is 17.9 Å². The summed E-state index contributed by atoms with van der Waals surface area (Å²) in [6, 6.07) is -0.0751. The molecule has 1 unspecified atom stereocenters. The molecule has 0 aromatic carbocycles. The van der Waals surface area contributed by atoms with Crippen LogP contribution in [0.1, 0.15) is 19.3 Å². The predicted molar refractivity (Wildman–Crippen MR) is 62.0 cm³/mol. The van der Waals surface area contributed by atoms with Crippen LogP contribution in [0.2, 0.25) is 0 Å². The molecule has 1 heterocycles. The van der Waals surface area contributed by atoms with Gasteiger partial charge in [-0.25, -0.2) is 8.42 Å². The summed E-state index contributed by atoms with van der Waals surface area (Å²) in [5.41, 5.74) is 5.30. The van der Waals surface area contributed by atoms with Gasteiger partial charge in [-0.3, -0.25) is 0 Å². The van der Waals surface area contributed by atoms with Crippen molar-refractivity contribution < 1.29 is 13.6 Å². The average Bonchev–Trinajstić information content (AvgIpc) is 2.57. The van der Waals surface area contributed by atoms with E-state index in [1.54, 1.807) is 6.08 Å². The van der Waals surface area contributed by atoms with Crippen LogP contribution in [0.4, 0.5) is 0 Å². The minimum atomic E-state index is -2.97. The van der Waals surface area contributed by atoms with Gasteiger partial charge in [-0.2, -0.15) is 0 Å². The summed E-state index contributed by atoms with van der Waals surface area (Å²) in [4.78, 5) is 0. The molecule has 7 heteroatoms. The molecule has 92 valence electrons. The van der Waals surface area contributed by atoms with Crippen LogP contribution in [-0.2, 0) is 9.84 Å². The Bertz CT molecular complexity index is 375. The lowest BCUT2D eigenvalue weighted by Gasteiger charge is -2.08. The number of hydrogen-bond donors (Lipinski definition) is 3. The molecule has 0 saturated carbocycles. The number of sulfone groups is 1. The van der Waals surface area contributed by atoms with E-state index >= 15 is 0 Å². The lowest BCUT2D eigenvalue weighted by atomic mass is 10.2. The SMILES string of the molecule is NC(CCCCNC1C=CS(=O)(=O)C1)=NO. The number of hydrogen-bond acceptors (Lipinski definition) is 5. The maximum atomic E-state index is 11.1. The maximum absolute atomic E-state index is 11.1. The van der Waals surface area contributed by atoms with E-state index in [0.717, 1.165) is 19.4 Å². The van der Waals surface area contributed by atoms with Crippen LogP contribution in [0.15, 0.2) is 16.6 Å². The van der Waals surface area contributed by atoms with Gasteiger partial charge in [0.2, 0.25) is 0 Å². The molecule has 4 N–H and O–H groups in total. The lowest BCUT2D eigenvalue weighted by molar-refractivity contribution is 0.316. The largest absolute Gasteiger partial charge is 0.409 e. The van der Waals surface area contributed by atoms with Crippen LogP contribution in [0.25, 0.3) is 0 Å². The first-order valence-electron chi connectivity index (χ1n) is 5.14. The molecule has 0 radical (unpaired) electrons. The fraction of sp³-hybridized carbons (Fsp3) is 0.667. The zero-order valence-corrected chi connectivity index (χ0v) is 9.78. The summed E-state index contributed by atoms with van der Waals surface area (Å²) in [6.45, 7) is 0.725. The molecule has 0 spiro atoms. The molecule has 6 nitrogen and oxygen atoms in total. The molecule has 0 aromatic rings. The third kappa shape index (κ3) is 4.63. The van der Waals surface area contributed by atoms with Gasteiger partial charge in [0.15, 0.2) is 9.84 Å². The van der Waals surface area contributed by atoms with Crippen LogP contribution >= 0.6 is 0 Å². The molecule has 0 aliphatic carbocycles. The third-order valence-corrected chi connectivity index (χ3v) is 3.72. The van der Waals surface area contributed by atoms with E-state index in [0.29, 0.717) is 6.42 Å². The Hall–Kier alpha value is -1.08. The van der Waals surface area contributed by atoms with E-state index in [2.05, 4.69) is 10.5 Å². The summed E-state index contributed by atoms with van der Waals surface area (Å²) < 4.78 is 22.1. The highest BCUT2D eigenvalue weighted by molar-refractivity contribution is 7.94. The molecule has 0 amide bonds. The van der Waals surface area contributed by atoms with Gasteiger partial charge in [-0.05, 0) is 19.4 Å². The highest BCUT2D eigenvalue weighted by Crippen LogP contribution is 2.07. The molecule has 1 aliphatic rings. The summed E-state index contributed by atoms with van der Waals surface area (Å²) in [5.74, 6) is 0.371. The van der Waals surface area contributed by atoms with Gasteiger partial charge in [0.05, 0.1) is 5.75 Å². The van der Waals surface area contributed by atoms with E-state index in [1.807, 2.05) is 0 Å². The first kappa shape index (κ1) is 13.0. The summed E-state index contributed by atoms with van der Waals surface area (Å²) in [6.07, 6.45) is 3.89. The normalized spacial score (nSPS) is 23.8. The Morgan fingerprint density at radius 3 is 2.88 bits per heavy atom. The maximum Gasteiger partial charge on any atom is 0.173 e. The number of rotatable bonds is 6. The lowest BCUT2D eigenvalue weighted by Crippen LogP contribution is -2.30. The van der Waals surface area contributed by atoms with Crippen molar-refractivity contribution in [1.29, 1.82) is 0 Å². The van der Waals surface area contributed by atoms with E-state index in [1.165, 1.54) is 5.41 Å². The van der Waals surface area contributed by atoms with Crippen molar-refractivity contribution in [3.8, 4) is 0 Å². The van der Waals surface area contributed by atoms with E-state index in [9.17, 15) is 8.42 Å². The first-order chi connectivity index (χ1) is 7.53. The molecule has 0 aromatic heterocycles. The number of nitrogens with zero attached hydrogens (tertiary/aromatic N) is 1. The minimum absolute atomic E-state index is 0.0751. The summed E-state index contributed by atoms with van der Waals surface area (Å²) >= 11 is 0. The van der Waals surface area contributed by atoms with Crippen LogP contribution in [0, 0.1) is 0 Å². The van der Waals surface area contributed by atoms with Crippen molar-refractivity contribution in [2.45, 2.75) is 25.3 Å². The molecule has 0 fully saturated rings. The highest BCUT2D eigenvalue weighted by atomic mass is 32.2. The van der Waals surface area contributed by atoms with Crippen LogP contribution in [0.3, 0.4) is 0 Å². The Morgan fingerprint density at radius 1 is 1.56 bits per heavy atom. The minimum Gasteiger partial charge on any atom is -0.409 e. The smallest absolute Gasteiger partial charge is 0.173 e. The van der Waals surface area contributed by atoms with Crippen molar-refractivity contribution in [3.05, 3.63) is 11.5 Å². The molecule has 1 rings (SSSR count). The van der Waals surface area contributed by atoms with Gasteiger partial charge in [-0.15, -0.1) is 0 Å². The van der Waals surface area contributed by atoms with E-state index < -0.39 is 9.84 Å². The van der Waals surface area contributed by atoms with Crippen molar-refractivity contribution in [3.63, 3.8) is 0 Å². The first-order valence-corrected chi connectivity index (χ1v) is 6.86. The van der Waals surface area contributed by atoms with Crippen molar-refractivity contribution in [2.24, 2.45) is 10.9 Å². The van der Waals surface area contributed by atoms with Gasteiger partial charge < -0.3 is 16.3 Å². The Morgan fingerprint density at radius 2 is 2.31 bits per heavy atom. The zero-order valence-electron chi connectivity index (χ0n) is 8.96. The fourth-order valence-electron chi connectivity index (χ4n) is 1.47. The monoisotopic (exact) mass is 247 g/mol. The summed E-state index contributed by atoms with van der Waals surface area (Å²) in [7, 11) is -2.97. The van der Waals surface area contributed by atoms with Crippen LogP contribution in [-0.4, -0.2) is 37.8 Å². The van der Waals surface area contributed by atoms with Gasteiger partial charge >= 0.3 is 0 Å². The van der Waals surface area contributed by atoms with Gasteiger partial charge in [0.1, 0.15) is 5.84 Å². The van der Waals surface area contributed by atoms with Crippen molar-refractivity contribution in [2.75, 3.05) is 12.3 Å². The molecule has 1 atom stereocenters. The standard InChI is InChI=1S/C9H17N3O3S/c10-9(12-13)3-1-2-5-11-8-4-6-16(14,15)7-8/h4,6,8,11,13H,1-3,5,7H2,(H2,10,12). The summed E-state index contributed by atoms with van der Waals surface area (Å²) in [5, 5.41) is 15.5. The number of nitrogens with one attached hydrogen (secondary N) is 1. The number of unbranched alkanes of at least 4 members (excludes halogenated alkanes) is 1.